The number of rotatable bonds is 2. The van der Waals surface area contributed by atoms with Gasteiger partial charge in [-0.05, 0) is 21.5 Å². The second kappa shape index (κ2) is 5.34. The SMILES string of the molecule is CB(c1cccc2ccccc12)c1cccc2ccccc12. The maximum atomic E-state index is 2.31. The van der Waals surface area contributed by atoms with Crippen LogP contribution in [0.4, 0.5) is 0 Å². The van der Waals surface area contributed by atoms with E-state index in [0.29, 0.717) is 6.71 Å². The molecule has 0 atom stereocenters. The molecule has 0 aliphatic rings. The van der Waals surface area contributed by atoms with Gasteiger partial charge in [-0.25, -0.2) is 0 Å². The van der Waals surface area contributed by atoms with Crippen LogP contribution in [-0.4, -0.2) is 6.71 Å². The predicted molar refractivity (Wildman–Crippen MR) is 98.8 cm³/mol. The molecule has 4 aromatic carbocycles. The Bertz CT molecular complexity index is 866. The van der Waals surface area contributed by atoms with E-state index in [-0.39, 0.29) is 0 Å². The summed E-state index contributed by atoms with van der Waals surface area (Å²) in [5.41, 5.74) is 2.80. The van der Waals surface area contributed by atoms with Crippen LogP contribution in [0.1, 0.15) is 0 Å². The first-order valence-corrected chi connectivity index (χ1v) is 7.80. The average molecular weight is 280 g/mol. The van der Waals surface area contributed by atoms with Gasteiger partial charge in [0.2, 0.25) is 6.71 Å². The van der Waals surface area contributed by atoms with Gasteiger partial charge in [0.1, 0.15) is 0 Å². The maximum Gasteiger partial charge on any atom is 0.207 e. The van der Waals surface area contributed by atoms with Gasteiger partial charge in [0.15, 0.2) is 0 Å². The average Bonchev–Trinajstić information content (AvgIpc) is 2.60. The van der Waals surface area contributed by atoms with Crippen molar-refractivity contribution in [3.63, 3.8) is 0 Å². The Labute approximate surface area is 131 Å². The largest absolute Gasteiger partial charge is 0.207 e. The van der Waals surface area contributed by atoms with E-state index in [4.69, 9.17) is 0 Å². The monoisotopic (exact) mass is 280 g/mol. The minimum Gasteiger partial charge on any atom is -0.0774 e. The number of hydrogen-bond acceptors (Lipinski definition) is 0. The van der Waals surface area contributed by atoms with Crippen molar-refractivity contribution in [3.8, 4) is 0 Å². The Kier molecular flexibility index (Phi) is 3.19. The highest BCUT2D eigenvalue weighted by molar-refractivity contribution is 6.87. The lowest BCUT2D eigenvalue weighted by atomic mass is 9.41. The number of fused-ring (bicyclic) bond motifs is 2. The molecule has 0 unspecified atom stereocenters. The van der Waals surface area contributed by atoms with E-state index < -0.39 is 0 Å². The van der Waals surface area contributed by atoms with E-state index in [1.54, 1.807) is 0 Å². The van der Waals surface area contributed by atoms with Gasteiger partial charge in [-0.3, -0.25) is 0 Å². The highest BCUT2D eigenvalue weighted by atomic mass is 14.0. The van der Waals surface area contributed by atoms with E-state index >= 15 is 0 Å². The van der Waals surface area contributed by atoms with Crippen molar-refractivity contribution in [1.82, 2.24) is 0 Å². The summed E-state index contributed by atoms with van der Waals surface area (Å²) < 4.78 is 0. The van der Waals surface area contributed by atoms with E-state index in [0.717, 1.165) is 0 Å². The van der Waals surface area contributed by atoms with Crippen molar-refractivity contribution < 1.29 is 0 Å². The molecule has 0 aromatic heterocycles. The minimum atomic E-state index is 0.372. The normalized spacial score (nSPS) is 11.0. The quantitative estimate of drug-likeness (QED) is 0.482. The second-order valence-electron chi connectivity index (χ2n) is 5.86. The van der Waals surface area contributed by atoms with Crippen LogP contribution in [0.5, 0.6) is 0 Å². The van der Waals surface area contributed by atoms with Crippen LogP contribution < -0.4 is 10.9 Å². The third kappa shape index (κ3) is 2.10. The Morgan fingerprint density at radius 3 is 1.41 bits per heavy atom. The molecule has 0 aliphatic heterocycles. The smallest absolute Gasteiger partial charge is 0.0774 e. The van der Waals surface area contributed by atoms with Gasteiger partial charge in [0.05, 0.1) is 0 Å². The fraction of sp³-hybridized carbons (Fsp3) is 0.0476. The molecule has 0 fully saturated rings. The van der Waals surface area contributed by atoms with Crippen LogP contribution in [0.3, 0.4) is 0 Å². The molecule has 0 aliphatic carbocycles. The van der Waals surface area contributed by atoms with Gasteiger partial charge in [-0.2, -0.15) is 0 Å². The highest BCUT2D eigenvalue weighted by Crippen LogP contribution is 2.15. The van der Waals surface area contributed by atoms with Crippen LogP contribution in [0.15, 0.2) is 84.9 Å². The lowest BCUT2D eigenvalue weighted by Gasteiger charge is -2.15. The first-order valence-electron chi connectivity index (χ1n) is 7.80. The van der Waals surface area contributed by atoms with Crippen molar-refractivity contribution in [2.75, 3.05) is 0 Å². The van der Waals surface area contributed by atoms with Gasteiger partial charge in [0.25, 0.3) is 0 Å². The van der Waals surface area contributed by atoms with Crippen molar-refractivity contribution in [2.24, 2.45) is 0 Å². The standard InChI is InChI=1S/C21H17B/c1-22(20-14-6-10-16-8-2-4-12-18(16)20)21-15-7-11-17-9-3-5-13-19(17)21/h2-15H,1H3. The molecule has 0 radical (unpaired) electrons. The molecule has 22 heavy (non-hydrogen) atoms. The van der Waals surface area contributed by atoms with Crippen LogP contribution in [0.25, 0.3) is 21.5 Å². The van der Waals surface area contributed by atoms with E-state index in [1.807, 2.05) is 0 Å². The van der Waals surface area contributed by atoms with Crippen molar-refractivity contribution in [1.29, 1.82) is 0 Å². The molecule has 0 N–H and O–H groups in total. The summed E-state index contributed by atoms with van der Waals surface area (Å²) in [7, 11) is 0. The molecule has 0 bridgehead atoms. The molecule has 0 heterocycles. The molecule has 0 saturated carbocycles. The topological polar surface area (TPSA) is 0 Å². The zero-order chi connectivity index (χ0) is 14.9. The van der Waals surface area contributed by atoms with Gasteiger partial charge in [-0.15, -0.1) is 0 Å². The molecule has 1 heteroatoms. The van der Waals surface area contributed by atoms with Crippen LogP contribution in [0.2, 0.25) is 6.82 Å². The molecule has 104 valence electrons. The Morgan fingerprint density at radius 1 is 0.500 bits per heavy atom. The second-order valence-corrected chi connectivity index (χ2v) is 5.86. The minimum absolute atomic E-state index is 0.372. The highest BCUT2D eigenvalue weighted by Gasteiger charge is 2.17. The predicted octanol–water partition coefficient (Wildman–Crippen LogP) is 4.23. The maximum absolute atomic E-state index is 2.31. The fourth-order valence-corrected chi connectivity index (χ4v) is 3.42. The summed E-state index contributed by atoms with van der Waals surface area (Å²) in [6.07, 6.45) is 0. The summed E-state index contributed by atoms with van der Waals surface area (Å²) in [4.78, 5) is 0. The van der Waals surface area contributed by atoms with Gasteiger partial charge < -0.3 is 0 Å². The van der Waals surface area contributed by atoms with Gasteiger partial charge in [-0.1, -0.05) is 103 Å². The third-order valence-corrected chi connectivity index (χ3v) is 4.58. The zero-order valence-corrected chi connectivity index (χ0v) is 12.7. The summed E-state index contributed by atoms with van der Waals surface area (Å²) in [6.45, 7) is 2.68. The lowest BCUT2D eigenvalue weighted by molar-refractivity contribution is 1.75. The summed E-state index contributed by atoms with van der Waals surface area (Å²) in [6, 6.07) is 30.5. The Balaban J connectivity index is 1.94. The van der Waals surface area contributed by atoms with E-state index in [1.165, 1.54) is 32.5 Å². The van der Waals surface area contributed by atoms with Crippen molar-refractivity contribution >= 4 is 39.2 Å². The zero-order valence-electron chi connectivity index (χ0n) is 12.7. The molecule has 0 spiro atoms. The third-order valence-electron chi connectivity index (χ3n) is 4.58. The van der Waals surface area contributed by atoms with Crippen molar-refractivity contribution in [3.05, 3.63) is 84.9 Å². The summed E-state index contributed by atoms with van der Waals surface area (Å²) in [5, 5.41) is 5.33. The first kappa shape index (κ1) is 13.2. The van der Waals surface area contributed by atoms with Crippen molar-refractivity contribution in [2.45, 2.75) is 6.82 Å². The van der Waals surface area contributed by atoms with E-state index in [9.17, 15) is 0 Å². The Hall–Kier alpha value is -2.54. The van der Waals surface area contributed by atoms with Crippen LogP contribution in [0, 0.1) is 0 Å². The molecule has 0 nitrogen and oxygen atoms in total. The van der Waals surface area contributed by atoms with E-state index in [2.05, 4.69) is 91.8 Å². The number of hydrogen-bond donors (Lipinski definition) is 0. The molecular weight excluding hydrogens is 263 g/mol. The molecule has 0 saturated heterocycles. The Morgan fingerprint density at radius 2 is 0.909 bits per heavy atom. The molecule has 4 rings (SSSR count). The lowest BCUT2D eigenvalue weighted by Crippen LogP contribution is -2.40. The summed E-state index contributed by atoms with van der Waals surface area (Å²) >= 11 is 0. The first-order chi connectivity index (χ1) is 10.8. The summed E-state index contributed by atoms with van der Waals surface area (Å²) in [5.74, 6) is 0. The van der Waals surface area contributed by atoms with Gasteiger partial charge >= 0.3 is 0 Å². The molecule has 0 amide bonds. The van der Waals surface area contributed by atoms with Crippen LogP contribution >= 0.6 is 0 Å². The molecular formula is C21H17B. The molecule has 4 aromatic rings. The van der Waals surface area contributed by atoms with Gasteiger partial charge in [0, 0.05) is 0 Å². The fourth-order valence-electron chi connectivity index (χ4n) is 3.42. The van der Waals surface area contributed by atoms with Crippen LogP contribution in [-0.2, 0) is 0 Å². The number of benzene rings is 4.